The Hall–Kier alpha value is -0.120. The topological polar surface area (TPSA) is 60.7 Å². The molecule has 29 heavy (non-hydrogen) atoms. The van der Waals surface area contributed by atoms with Gasteiger partial charge in [0.25, 0.3) is 0 Å². The van der Waals surface area contributed by atoms with Crippen LogP contribution in [0.1, 0.15) is 148 Å². The van der Waals surface area contributed by atoms with E-state index in [1.54, 1.807) is 0 Å². The van der Waals surface area contributed by atoms with Gasteiger partial charge in [-0.3, -0.25) is 0 Å². The zero-order valence-electron chi connectivity index (χ0n) is 19.8. The summed E-state index contributed by atoms with van der Waals surface area (Å²) >= 11 is 0. The van der Waals surface area contributed by atoms with Crippen molar-refractivity contribution >= 4 is 0 Å². The van der Waals surface area contributed by atoms with Gasteiger partial charge in [0.15, 0.2) is 0 Å². The maximum Gasteiger partial charge on any atom is 0.0562 e. The summed E-state index contributed by atoms with van der Waals surface area (Å²) in [6.45, 7) is 1.99. The summed E-state index contributed by atoms with van der Waals surface area (Å²) in [5.74, 6) is 0. The van der Waals surface area contributed by atoms with Crippen LogP contribution in [0.25, 0.3) is 0 Å². The largest absolute Gasteiger partial charge is 0.396 e. The van der Waals surface area contributed by atoms with Crippen molar-refractivity contribution in [2.24, 2.45) is 0 Å². The van der Waals surface area contributed by atoms with Crippen molar-refractivity contribution in [3.63, 3.8) is 0 Å². The fourth-order valence-electron chi connectivity index (χ4n) is 4.12. The van der Waals surface area contributed by atoms with Crippen LogP contribution >= 0.6 is 0 Å². The minimum atomic E-state index is -0.295. The van der Waals surface area contributed by atoms with Gasteiger partial charge >= 0.3 is 0 Å². The zero-order chi connectivity index (χ0) is 21.4. The summed E-state index contributed by atoms with van der Waals surface area (Å²) in [6.07, 6.45) is 27.7. The lowest BCUT2D eigenvalue weighted by Crippen LogP contribution is -2.08. The van der Waals surface area contributed by atoms with E-state index in [1.165, 1.54) is 116 Å². The third-order valence-electron chi connectivity index (χ3n) is 6.12. The maximum absolute atomic E-state index is 9.55. The molecule has 0 aromatic carbocycles. The third kappa shape index (κ3) is 25.8. The van der Waals surface area contributed by atoms with E-state index in [4.69, 9.17) is 5.11 Å². The molecule has 0 bridgehead atoms. The summed E-state index contributed by atoms with van der Waals surface area (Å²) in [4.78, 5) is 0. The SMILES string of the molecule is C[C@H](O)CCCCCCCCCCCCCCCCCCCCC[C@H](O)CCO. The number of aliphatic hydroxyl groups excluding tert-OH is 3. The fraction of sp³-hybridized carbons (Fsp3) is 1.00. The van der Waals surface area contributed by atoms with E-state index in [-0.39, 0.29) is 18.8 Å². The molecule has 176 valence electrons. The predicted molar refractivity (Wildman–Crippen MR) is 126 cm³/mol. The van der Waals surface area contributed by atoms with Crippen molar-refractivity contribution < 1.29 is 15.3 Å². The summed E-state index contributed by atoms with van der Waals surface area (Å²) in [6, 6.07) is 0. The first-order chi connectivity index (χ1) is 14.2. The van der Waals surface area contributed by atoms with Crippen molar-refractivity contribution in [1.29, 1.82) is 0 Å². The van der Waals surface area contributed by atoms with Gasteiger partial charge in [0, 0.05) is 6.61 Å². The number of hydrogen-bond donors (Lipinski definition) is 3. The van der Waals surface area contributed by atoms with Crippen molar-refractivity contribution in [2.75, 3.05) is 6.61 Å². The molecule has 0 fully saturated rings. The molecule has 3 N–H and O–H groups in total. The lowest BCUT2D eigenvalue weighted by atomic mass is 10.0. The summed E-state index contributed by atoms with van der Waals surface area (Å²) in [5, 5.41) is 27.5. The van der Waals surface area contributed by atoms with Gasteiger partial charge in [0.1, 0.15) is 0 Å². The van der Waals surface area contributed by atoms with Crippen molar-refractivity contribution in [1.82, 2.24) is 0 Å². The van der Waals surface area contributed by atoms with E-state index in [0.717, 1.165) is 19.3 Å². The zero-order valence-corrected chi connectivity index (χ0v) is 19.8. The second-order valence-corrected chi connectivity index (χ2v) is 9.31. The molecule has 0 spiro atoms. The van der Waals surface area contributed by atoms with Crippen LogP contribution in [0.3, 0.4) is 0 Å². The Labute approximate surface area is 182 Å². The molecule has 0 rings (SSSR count). The summed E-state index contributed by atoms with van der Waals surface area (Å²) in [7, 11) is 0. The fourth-order valence-corrected chi connectivity index (χ4v) is 4.12. The Morgan fingerprint density at radius 1 is 0.414 bits per heavy atom. The van der Waals surface area contributed by atoms with Crippen LogP contribution in [0, 0.1) is 0 Å². The highest BCUT2D eigenvalue weighted by Crippen LogP contribution is 2.15. The number of hydrogen-bond acceptors (Lipinski definition) is 3. The van der Waals surface area contributed by atoms with Gasteiger partial charge in [-0.25, -0.2) is 0 Å². The second-order valence-electron chi connectivity index (χ2n) is 9.31. The second kappa shape index (κ2) is 24.2. The van der Waals surface area contributed by atoms with Gasteiger partial charge in [-0.1, -0.05) is 122 Å². The quantitative estimate of drug-likeness (QED) is 0.145. The molecule has 0 saturated carbocycles. The molecule has 0 aromatic heterocycles. The predicted octanol–water partition coefficient (Wildman–Crippen LogP) is 7.30. The van der Waals surface area contributed by atoms with Gasteiger partial charge < -0.3 is 15.3 Å². The molecule has 0 unspecified atom stereocenters. The molecule has 0 aromatic rings. The lowest BCUT2D eigenvalue weighted by molar-refractivity contribution is 0.122. The molecule has 0 aliphatic carbocycles. The van der Waals surface area contributed by atoms with Crippen molar-refractivity contribution in [2.45, 2.75) is 160 Å². The minimum Gasteiger partial charge on any atom is -0.396 e. The molecule has 0 amide bonds. The van der Waals surface area contributed by atoms with E-state index in [2.05, 4.69) is 0 Å². The number of rotatable bonds is 24. The molecule has 0 aliphatic heterocycles. The molecule has 3 nitrogen and oxygen atoms in total. The highest BCUT2D eigenvalue weighted by molar-refractivity contribution is 4.56. The Morgan fingerprint density at radius 3 is 0.966 bits per heavy atom. The van der Waals surface area contributed by atoms with Crippen molar-refractivity contribution in [3.05, 3.63) is 0 Å². The molecule has 0 aliphatic rings. The Balaban J connectivity index is 3.03. The first kappa shape index (κ1) is 28.9. The van der Waals surface area contributed by atoms with Crippen molar-refractivity contribution in [3.8, 4) is 0 Å². The molecular formula is C26H54O3. The van der Waals surface area contributed by atoms with Crippen LogP contribution in [0.2, 0.25) is 0 Å². The van der Waals surface area contributed by atoms with Crippen LogP contribution < -0.4 is 0 Å². The molecule has 0 saturated heterocycles. The van der Waals surface area contributed by atoms with Crippen LogP contribution in [0.4, 0.5) is 0 Å². The highest BCUT2D eigenvalue weighted by Gasteiger charge is 2.02. The van der Waals surface area contributed by atoms with Crippen LogP contribution in [0.15, 0.2) is 0 Å². The van der Waals surface area contributed by atoms with E-state index >= 15 is 0 Å². The average Bonchev–Trinajstić information content (AvgIpc) is 2.69. The molecular weight excluding hydrogens is 360 g/mol. The monoisotopic (exact) mass is 414 g/mol. The van der Waals surface area contributed by atoms with E-state index < -0.39 is 0 Å². The van der Waals surface area contributed by atoms with Gasteiger partial charge in [0.2, 0.25) is 0 Å². The smallest absolute Gasteiger partial charge is 0.0562 e. The number of aliphatic hydroxyl groups is 3. The lowest BCUT2D eigenvalue weighted by Gasteiger charge is -2.08. The summed E-state index contributed by atoms with van der Waals surface area (Å²) in [5.41, 5.74) is 0. The van der Waals surface area contributed by atoms with E-state index in [1.807, 2.05) is 6.92 Å². The molecule has 0 radical (unpaired) electrons. The van der Waals surface area contributed by atoms with Crippen LogP contribution in [-0.4, -0.2) is 34.1 Å². The summed E-state index contributed by atoms with van der Waals surface area (Å²) < 4.78 is 0. The van der Waals surface area contributed by atoms with E-state index in [9.17, 15) is 10.2 Å². The molecule has 3 heteroatoms. The molecule has 0 heterocycles. The van der Waals surface area contributed by atoms with Gasteiger partial charge in [0.05, 0.1) is 12.2 Å². The first-order valence-corrected chi connectivity index (χ1v) is 13.1. The van der Waals surface area contributed by atoms with E-state index in [0.29, 0.717) is 6.42 Å². The first-order valence-electron chi connectivity index (χ1n) is 13.1. The van der Waals surface area contributed by atoms with Gasteiger partial charge in [-0.05, 0) is 26.2 Å². The van der Waals surface area contributed by atoms with Crippen LogP contribution in [-0.2, 0) is 0 Å². The van der Waals surface area contributed by atoms with Gasteiger partial charge in [-0.15, -0.1) is 0 Å². The normalized spacial score (nSPS) is 13.7. The van der Waals surface area contributed by atoms with Crippen LogP contribution in [0.5, 0.6) is 0 Å². The highest BCUT2D eigenvalue weighted by atomic mass is 16.3. The maximum atomic E-state index is 9.55. The Kier molecular flexibility index (Phi) is 24.1. The number of unbranched alkanes of at least 4 members (excludes halogenated alkanes) is 18. The Bertz CT molecular complexity index is 294. The molecule has 2 atom stereocenters. The standard InChI is InChI=1S/C26H54O3/c1-25(28)21-19-17-15-13-11-9-7-5-3-2-4-6-8-10-12-14-16-18-20-22-26(29)23-24-27/h25-29H,2-24H2,1H3/t25-,26-/m0/s1. The Morgan fingerprint density at radius 2 is 0.690 bits per heavy atom. The minimum absolute atomic E-state index is 0.105. The van der Waals surface area contributed by atoms with Gasteiger partial charge in [-0.2, -0.15) is 0 Å². The third-order valence-corrected chi connectivity index (χ3v) is 6.12. The average molecular weight is 415 g/mol.